The summed E-state index contributed by atoms with van der Waals surface area (Å²) in [5.41, 5.74) is 1.31. The molecule has 2 rings (SSSR count). The monoisotopic (exact) mass is 385 g/mol. The Morgan fingerprint density at radius 2 is 1.43 bits per heavy atom. The zero-order valence-corrected chi connectivity index (χ0v) is 16.9. The van der Waals surface area contributed by atoms with Crippen molar-refractivity contribution < 1.29 is 19.0 Å². The van der Waals surface area contributed by atoms with E-state index in [1.54, 1.807) is 12.1 Å². The third-order valence-electron chi connectivity index (χ3n) is 4.20. The standard InChI is InChI=1S/C23H31NO4/c1-3-5-6-7-16-27-21-12-8-19(9-13-21)23(25)24-20-10-14-22(15-11-20)28-18-17-26-4-2/h8-15H,3-7,16-18H2,1-2H3,(H,24,25). The maximum atomic E-state index is 12.4. The summed E-state index contributed by atoms with van der Waals surface area (Å²) in [6.45, 7) is 6.61. The first-order valence-electron chi connectivity index (χ1n) is 10.1. The van der Waals surface area contributed by atoms with Crippen molar-refractivity contribution in [1.29, 1.82) is 0 Å². The van der Waals surface area contributed by atoms with E-state index < -0.39 is 0 Å². The molecule has 28 heavy (non-hydrogen) atoms. The van der Waals surface area contributed by atoms with Crippen LogP contribution in [-0.4, -0.2) is 32.3 Å². The number of rotatable bonds is 13. The average molecular weight is 386 g/mol. The van der Waals surface area contributed by atoms with Crippen molar-refractivity contribution in [1.82, 2.24) is 0 Å². The van der Waals surface area contributed by atoms with Gasteiger partial charge in [0.25, 0.3) is 5.91 Å². The summed E-state index contributed by atoms with van der Waals surface area (Å²) in [6.07, 6.45) is 4.70. The second kappa shape index (κ2) is 12.8. The molecule has 0 unspecified atom stereocenters. The molecular weight excluding hydrogens is 354 g/mol. The molecule has 152 valence electrons. The lowest BCUT2D eigenvalue weighted by molar-refractivity contribution is 0.102. The van der Waals surface area contributed by atoms with E-state index in [-0.39, 0.29) is 5.91 Å². The number of anilines is 1. The molecule has 0 heterocycles. The summed E-state index contributed by atoms with van der Waals surface area (Å²) >= 11 is 0. The van der Waals surface area contributed by atoms with Crippen molar-refractivity contribution in [2.24, 2.45) is 0 Å². The van der Waals surface area contributed by atoms with Crippen LogP contribution in [0, 0.1) is 0 Å². The highest BCUT2D eigenvalue weighted by molar-refractivity contribution is 6.04. The lowest BCUT2D eigenvalue weighted by Crippen LogP contribution is -2.12. The van der Waals surface area contributed by atoms with E-state index in [0.717, 1.165) is 23.6 Å². The molecule has 1 N–H and O–H groups in total. The Hall–Kier alpha value is -2.53. The molecule has 2 aromatic carbocycles. The number of hydrogen-bond donors (Lipinski definition) is 1. The van der Waals surface area contributed by atoms with Gasteiger partial charge in [-0.1, -0.05) is 26.2 Å². The molecule has 5 nitrogen and oxygen atoms in total. The van der Waals surface area contributed by atoms with Gasteiger partial charge in [-0.15, -0.1) is 0 Å². The Morgan fingerprint density at radius 3 is 2.07 bits per heavy atom. The van der Waals surface area contributed by atoms with Crippen LogP contribution >= 0.6 is 0 Å². The summed E-state index contributed by atoms with van der Waals surface area (Å²) < 4.78 is 16.5. The number of carbonyl (C=O) groups is 1. The predicted molar refractivity (Wildman–Crippen MR) is 112 cm³/mol. The van der Waals surface area contributed by atoms with E-state index in [1.807, 2.05) is 43.3 Å². The van der Waals surface area contributed by atoms with Crippen LogP contribution < -0.4 is 14.8 Å². The Kier molecular flexibility index (Phi) is 9.94. The fourth-order valence-electron chi connectivity index (χ4n) is 2.62. The van der Waals surface area contributed by atoms with Crippen LogP contribution in [0.3, 0.4) is 0 Å². The van der Waals surface area contributed by atoms with Gasteiger partial charge in [0.1, 0.15) is 18.1 Å². The fourth-order valence-corrected chi connectivity index (χ4v) is 2.62. The summed E-state index contributed by atoms with van der Waals surface area (Å²) in [5.74, 6) is 1.39. The first-order chi connectivity index (χ1) is 13.7. The zero-order valence-electron chi connectivity index (χ0n) is 16.9. The molecule has 0 atom stereocenters. The minimum atomic E-state index is -0.153. The van der Waals surface area contributed by atoms with Gasteiger partial charge < -0.3 is 19.5 Å². The normalized spacial score (nSPS) is 10.5. The van der Waals surface area contributed by atoms with Gasteiger partial charge in [0.05, 0.1) is 13.2 Å². The molecule has 0 fully saturated rings. The maximum absolute atomic E-state index is 12.4. The minimum Gasteiger partial charge on any atom is -0.494 e. The van der Waals surface area contributed by atoms with Crippen molar-refractivity contribution in [2.45, 2.75) is 39.5 Å². The third-order valence-corrected chi connectivity index (χ3v) is 4.20. The Morgan fingerprint density at radius 1 is 0.786 bits per heavy atom. The Bertz CT molecular complexity index is 683. The average Bonchev–Trinajstić information content (AvgIpc) is 2.72. The second-order valence-corrected chi connectivity index (χ2v) is 6.46. The number of amides is 1. The van der Waals surface area contributed by atoms with Crippen molar-refractivity contribution >= 4 is 11.6 Å². The first-order valence-corrected chi connectivity index (χ1v) is 10.1. The SMILES string of the molecule is CCCCCCOc1ccc(C(=O)Nc2ccc(OCCOCC)cc2)cc1. The van der Waals surface area contributed by atoms with E-state index in [1.165, 1.54) is 19.3 Å². The summed E-state index contributed by atoms with van der Waals surface area (Å²) in [7, 11) is 0. The van der Waals surface area contributed by atoms with Crippen LogP contribution in [0.4, 0.5) is 5.69 Å². The van der Waals surface area contributed by atoms with Crippen LogP contribution in [0.5, 0.6) is 11.5 Å². The number of ether oxygens (including phenoxy) is 3. The fraction of sp³-hybridized carbons (Fsp3) is 0.435. The van der Waals surface area contributed by atoms with Gasteiger partial charge in [-0.05, 0) is 61.9 Å². The number of benzene rings is 2. The van der Waals surface area contributed by atoms with Gasteiger partial charge >= 0.3 is 0 Å². The molecule has 5 heteroatoms. The molecule has 2 aromatic rings. The lowest BCUT2D eigenvalue weighted by Gasteiger charge is -2.09. The Balaban J connectivity index is 1.77. The molecular formula is C23H31NO4. The number of carbonyl (C=O) groups excluding carboxylic acids is 1. The van der Waals surface area contributed by atoms with E-state index >= 15 is 0 Å². The molecule has 0 bridgehead atoms. The van der Waals surface area contributed by atoms with E-state index in [0.29, 0.717) is 32.0 Å². The second-order valence-electron chi connectivity index (χ2n) is 6.46. The smallest absolute Gasteiger partial charge is 0.255 e. The third kappa shape index (κ3) is 8.01. The van der Waals surface area contributed by atoms with Gasteiger partial charge in [-0.2, -0.15) is 0 Å². The van der Waals surface area contributed by atoms with Crippen LogP contribution in [0.1, 0.15) is 49.9 Å². The largest absolute Gasteiger partial charge is 0.494 e. The van der Waals surface area contributed by atoms with Crippen LogP contribution in [-0.2, 0) is 4.74 Å². The van der Waals surface area contributed by atoms with Crippen LogP contribution in [0.2, 0.25) is 0 Å². The quantitative estimate of drug-likeness (QED) is 0.475. The van der Waals surface area contributed by atoms with Crippen LogP contribution in [0.25, 0.3) is 0 Å². The van der Waals surface area contributed by atoms with Crippen LogP contribution in [0.15, 0.2) is 48.5 Å². The van der Waals surface area contributed by atoms with Crippen molar-refractivity contribution in [2.75, 3.05) is 31.7 Å². The lowest BCUT2D eigenvalue weighted by atomic mass is 10.2. The molecule has 0 radical (unpaired) electrons. The molecule has 0 aromatic heterocycles. The summed E-state index contributed by atoms with van der Waals surface area (Å²) in [5, 5.41) is 2.89. The van der Waals surface area contributed by atoms with Gasteiger partial charge in [-0.3, -0.25) is 4.79 Å². The number of nitrogens with one attached hydrogen (secondary N) is 1. The molecule has 0 aliphatic heterocycles. The molecule has 0 spiro atoms. The van der Waals surface area contributed by atoms with Crippen molar-refractivity contribution in [3.05, 3.63) is 54.1 Å². The summed E-state index contributed by atoms with van der Waals surface area (Å²) in [4.78, 5) is 12.4. The van der Waals surface area contributed by atoms with Crippen molar-refractivity contribution in [3.63, 3.8) is 0 Å². The van der Waals surface area contributed by atoms with Gasteiger partial charge in [-0.25, -0.2) is 0 Å². The van der Waals surface area contributed by atoms with E-state index in [2.05, 4.69) is 12.2 Å². The van der Waals surface area contributed by atoms with E-state index in [9.17, 15) is 4.79 Å². The Labute approximate surface area is 168 Å². The first kappa shape index (κ1) is 21.8. The molecule has 0 saturated carbocycles. The molecule has 0 saturated heterocycles. The highest BCUT2D eigenvalue weighted by Gasteiger charge is 2.07. The molecule has 1 amide bonds. The number of unbranched alkanes of at least 4 members (excludes halogenated alkanes) is 3. The predicted octanol–water partition coefficient (Wildman–Crippen LogP) is 5.31. The van der Waals surface area contributed by atoms with Gasteiger partial charge in [0.15, 0.2) is 0 Å². The topological polar surface area (TPSA) is 56.8 Å². The van der Waals surface area contributed by atoms with Gasteiger partial charge in [0.2, 0.25) is 0 Å². The van der Waals surface area contributed by atoms with E-state index in [4.69, 9.17) is 14.2 Å². The van der Waals surface area contributed by atoms with Gasteiger partial charge in [0, 0.05) is 17.9 Å². The highest BCUT2D eigenvalue weighted by Crippen LogP contribution is 2.18. The number of hydrogen-bond acceptors (Lipinski definition) is 4. The maximum Gasteiger partial charge on any atom is 0.255 e. The van der Waals surface area contributed by atoms with Crippen molar-refractivity contribution in [3.8, 4) is 11.5 Å². The summed E-state index contributed by atoms with van der Waals surface area (Å²) in [6, 6.07) is 14.5. The molecule has 0 aliphatic rings. The minimum absolute atomic E-state index is 0.153. The zero-order chi connectivity index (χ0) is 20.0. The highest BCUT2D eigenvalue weighted by atomic mass is 16.5. The molecule has 0 aliphatic carbocycles.